The Kier molecular flexibility index (Phi) is 7.12. The molecule has 1 aliphatic heterocycles. The van der Waals surface area contributed by atoms with E-state index in [9.17, 15) is 9.59 Å². The maximum absolute atomic E-state index is 13.4. The van der Waals surface area contributed by atoms with Crippen molar-refractivity contribution in [2.75, 3.05) is 25.0 Å². The molecule has 7 heteroatoms. The average Bonchev–Trinajstić information content (AvgIpc) is 3.45. The van der Waals surface area contributed by atoms with Crippen LogP contribution < -0.4 is 5.32 Å². The van der Waals surface area contributed by atoms with Crippen molar-refractivity contribution in [3.05, 3.63) is 76.6 Å². The average molecular weight is 461 g/mol. The van der Waals surface area contributed by atoms with Gasteiger partial charge in [-0.25, -0.2) is 4.68 Å². The lowest BCUT2D eigenvalue weighted by atomic mass is 10.1. The Labute approximate surface area is 200 Å². The molecule has 1 aromatic heterocycles. The van der Waals surface area contributed by atoms with Crippen molar-refractivity contribution in [2.45, 2.75) is 46.6 Å². The molecule has 34 heavy (non-hydrogen) atoms. The Bertz CT molecular complexity index is 1180. The molecule has 2 aromatic carbocycles. The minimum Gasteiger partial charge on any atom is -0.376 e. The second kappa shape index (κ2) is 10.2. The number of aryl methyl sites for hydroxylation is 3. The Morgan fingerprint density at radius 1 is 1.12 bits per heavy atom. The highest BCUT2D eigenvalue weighted by Crippen LogP contribution is 2.20. The Hall–Kier alpha value is -3.45. The van der Waals surface area contributed by atoms with Crippen LogP contribution in [-0.2, 0) is 9.53 Å². The van der Waals surface area contributed by atoms with E-state index in [-0.39, 0.29) is 24.5 Å². The number of hydrogen-bond donors (Lipinski definition) is 1. The summed E-state index contributed by atoms with van der Waals surface area (Å²) in [6, 6.07) is 15.2. The highest BCUT2D eigenvalue weighted by molar-refractivity contribution is 5.99. The van der Waals surface area contributed by atoms with Gasteiger partial charge in [0.1, 0.15) is 6.54 Å². The molecule has 0 aliphatic carbocycles. The van der Waals surface area contributed by atoms with Crippen LogP contribution >= 0.6 is 0 Å². The Morgan fingerprint density at radius 2 is 1.88 bits per heavy atom. The van der Waals surface area contributed by atoms with E-state index >= 15 is 0 Å². The van der Waals surface area contributed by atoms with Gasteiger partial charge < -0.3 is 15.0 Å². The van der Waals surface area contributed by atoms with Crippen LogP contribution in [0, 0.1) is 27.7 Å². The van der Waals surface area contributed by atoms with Gasteiger partial charge in [-0.15, -0.1) is 0 Å². The van der Waals surface area contributed by atoms with Crippen molar-refractivity contribution in [3.8, 4) is 5.69 Å². The van der Waals surface area contributed by atoms with Crippen LogP contribution in [0.25, 0.3) is 5.69 Å². The number of nitrogens with one attached hydrogen (secondary N) is 1. The summed E-state index contributed by atoms with van der Waals surface area (Å²) in [7, 11) is 0. The van der Waals surface area contributed by atoms with Crippen molar-refractivity contribution >= 4 is 17.5 Å². The Balaban J connectivity index is 1.51. The maximum atomic E-state index is 13.4. The van der Waals surface area contributed by atoms with Gasteiger partial charge in [-0.1, -0.05) is 12.1 Å². The topological polar surface area (TPSA) is 76.5 Å². The number of nitrogens with zero attached hydrogens (tertiary/aromatic N) is 3. The summed E-state index contributed by atoms with van der Waals surface area (Å²) in [5.41, 5.74) is 6.28. The summed E-state index contributed by atoms with van der Waals surface area (Å²) in [4.78, 5) is 27.9. The first-order valence-electron chi connectivity index (χ1n) is 11.7. The largest absolute Gasteiger partial charge is 0.376 e. The lowest BCUT2D eigenvalue weighted by Crippen LogP contribution is -2.42. The zero-order valence-corrected chi connectivity index (χ0v) is 20.3. The third-order valence-corrected chi connectivity index (χ3v) is 6.32. The number of carbonyl (C=O) groups is 2. The fourth-order valence-corrected chi connectivity index (χ4v) is 4.32. The molecule has 0 bridgehead atoms. The van der Waals surface area contributed by atoms with Crippen LogP contribution in [0.3, 0.4) is 0 Å². The number of anilines is 1. The van der Waals surface area contributed by atoms with Gasteiger partial charge in [0.05, 0.1) is 17.5 Å². The molecule has 1 saturated heterocycles. The third-order valence-electron chi connectivity index (χ3n) is 6.32. The monoisotopic (exact) mass is 460 g/mol. The molecule has 178 valence electrons. The maximum Gasteiger partial charge on any atom is 0.254 e. The number of carbonyl (C=O) groups excluding carboxylic acids is 2. The number of rotatable bonds is 7. The van der Waals surface area contributed by atoms with Gasteiger partial charge in [0, 0.05) is 30.1 Å². The SMILES string of the molecule is Cc1cc(C)n(-c2ccc(C(=O)N(CC(=O)Nc3cccc(C)c3C)CC3CCCO3)cc2)n1. The molecule has 7 nitrogen and oxygen atoms in total. The van der Waals surface area contributed by atoms with Gasteiger partial charge in [0.2, 0.25) is 5.91 Å². The highest BCUT2D eigenvalue weighted by atomic mass is 16.5. The molecule has 0 spiro atoms. The second-order valence-electron chi connectivity index (χ2n) is 9.00. The van der Waals surface area contributed by atoms with E-state index in [0.717, 1.165) is 46.7 Å². The molecule has 0 saturated carbocycles. The zero-order valence-electron chi connectivity index (χ0n) is 20.3. The zero-order chi connectivity index (χ0) is 24.2. The molecule has 1 N–H and O–H groups in total. The van der Waals surface area contributed by atoms with Crippen molar-refractivity contribution < 1.29 is 14.3 Å². The lowest BCUT2D eigenvalue weighted by molar-refractivity contribution is -0.117. The van der Waals surface area contributed by atoms with E-state index in [1.165, 1.54) is 0 Å². The lowest BCUT2D eigenvalue weighted by Gasteiger charge is -2.25. The fourth-order valence-electron chi connectivity index (χ4n) is 4.32. The van der Waals surface area contributed by atoms with Gasteiger partial charge in [0.25, 0.3) is 5.91 Å². The van der Waals surface area contributed by atoms with Gasteiger partial charge in [-0.3, -0.25) is 9.59 Å². The summed E-state index contributed by atoms with van der Waals surface area (Å²) >= 11 is 0. The van der Waals surface area contributed by atoms with Crippen LogP contribution in [0.5, 0.6) is 0 Å². The molecule has 4 rings (SSSR count). The first-order valence-corrected chi connectivity index (χ1v) is 11.7. The number of benzene rings is 2. The molecule has 2 amide bonds. The van der Waals surface area contributed by atoms with E-state index in [0.29, 0.717) is 18.7 Å². The van der Waals surface area contributed by atoms with Gasteiger partial charge in [0.15, 0.2) is 0 Å². The molecule has 1 atom stereocenters. The van der Waals surface area contributed by atoms with Crippen molar-refractivity contribution in [2.24, 2.45) is 0 Å². The molecular weight excluding hydrogens is 428 g/mol. The summed E-state index contributed by atoms with van der Waals surface area (Å²) in [6.45, 7) is 8.98. The smallest absolute Gasteiger partial charge is 0.254 e. The minimum absolute atomic E-state index is 0.0364. The van der Waals surface area contributed by atoms with Crippen molar-refractivity contribution in [3.63, 3.8) is 0 Å². The number of aromatic nitrogens is 2. The van der Waals surface area contributed by atoms with E-state index in [2.05, 4.69) is 10.4 Å². The standard InChI is InChI=1S/C27H32N4O3/c1-18-7-5-9-25(21(18)4)28-26(32)17-30(16-24-8-6-14-34-24)27(33)22-10-12-23(13-11-22)31-20(3)15-19(2)29-31/h5,7,9-13,15,24H,6,8,14,16-17H2,1-4H3,(H,28,32). The van der Waals surface area contributed by atoms with Crippen LogP contribution in [0.15, 0.2) is 48.5 Å². The van der Waals surface area contributed by atoms with Gasteiger partial charge in [-0.2, -0.15) is 5.10 Å². The van der Waals surface area contributed by atoms with E-state index in [1.807, 2.05) is 68.8 Å². The number of amides is 2. The van der Waals surface area contributed by atoms with Crippen LogP contribution in [0.4, 0.5) is 5.69 Å². The molecule has 1 unspecified atom stereocenters. The quantitative estimate of drug-likeness (QED) is 0.568. The normalized spacial score (nSPS) is 15.4. The summed E-state index contributed by atoms with van der Waals surface area (Å²) in [5, 5.41) is 7.47. The summed E-state index contributed by atoms with van der Waals surface area (Å²) in [5.74, 6) is -0.411. The molecular formula is C27H32N4O3. The summed E-state index contributed by atoms with van der Waals surface area (Å²) < 4.78 is 7.61. The van der Waals surface area contributed by atoms with E-state index in [4.69, 9.17) is 4.74 Å². The van der Waals surface area contributed by atoms with Crippen LogP contribution in [-0.4, -0.2) is 52.3 Å². The number of hydrogen-bond acceptors (Lipinski definition) is 4. The predicted octanol–water partition coefficient (Wildman–Crippen LogP) is 4.37. The molecule has 3 aromatic rings. The fraction of sp³-hybridized carbons (Fsp3) is 0.370. The Morgan fingerprint density at radius 3 is 2.53 bits per heavy atom. The van der Waals surface area contributed by atoms with Crippen molar-refractivity contribution in [1.29, 1.82) is 0 Å². The highest BCUT2D eigenvalue weighted by Gasteiger charge is 2.25. The van der Waals surface area contributed by atoms with Crippen LogP contribution in [0.1, 0.15) is 45.7 Å². The first-order chi connectivity index (χ1) is 16.3. The van der Waals surface area contributed by atoms with Gasteiger partial charge in [-0.05, 0) is 88.1 Å². The van der Waals surface area contributed by atoms with E-state index in [1.54, 1.807) is 17.0 Å². The van der Waals surface area contributed by atoms with Crippen molar-refractivity contribution in [1.82, 2.24) is 14.7 Å². The summed E-state index contributed by atoms with van der Waals surface area (Å²) in [6.07, 6.45) is 1.81. The van der Waals surface area contributed by atoms with Gasteiger partial charge >= 0.3 is 0 Å². The number of ether oxygens (including phenoxy) is 1. The molecule has 1 aliphatic rings. The second-order valence-corrected chi connectivity index (χ2v) is 9.00. The third kappa shape index (κ3) is 5.37. The molecule has 1 fully saturated rings. The molecule has 0 radical (unpaired) electrons. The first kappa shape index (κ1) is 23.7. The molecule has 2 heterocycles. The van der Waals surface area contributed by atoms with Crippen LogP contribution in [0.2, 0.25) is 0 Å². The predicted molar refractivity (Wildman–Crippen MR) is 132 cm³/mol. The minimum atomic E-state index is -0.223. The van der Waals surface area contributed by atoms with E-state index < -0.39 is 0 Å².